The maximum Gasteiger partial charge on any atom is 0.145 e. The van der Waals surface area contributed by atoms with Crippen LogP contribution in [0.25, 0.3) is 0 Å². The predicted molar refractivity (Wildman–Crippen MR) is 80.3 cm³/mol. The van der Waals surface area contributed by atoms with Gasteiger partial charge < -0.3 is 15.2 Å². The third-order valence-electron chi connectivity index (χ3n) is 2.58. The average molecular weight is 275 g/mol. The molecule has 0 radical (unpaired) electrons. The molecule has 0 bridgehead atoms. The lowest BCUT2D eigenvalue weighted by Crippen LogP contribution is -1.97. The maximum atomic E-state index is 5.82. The van der Waals surface area contributed by atoms with Crippen LogP contribution in [-0.2, 0) is 0 Å². The Kier molecular flexibility index (Phi) is 4.58. The van der Waals surface area contributed by atoms with Gasteiger partial charge in [-0.05, 0) is 49.6 Å². The third-order valence-corrected chi connectivity index (χ3v) is 3.32. The molecule has 2 rings (SSSR count). The van der Waals surface area contributed by atoms with Crippen LogP contribution >= 0.6 is 11.8 Å². The molecule has 19 heavy (non-hydrogen) atoms. The fourth-order valence-electron chi connectivity index (χ4n) is 1.64. The highest BCUT2D eigenvalue weighted by molar-refractivity contribution is 7.98. The van der Waals surface area contributed by atoms with Crippen molar-refractivity contribution in [2.45, 2.75) is 11.8 Å². The number of rotatable bonds is 5. The predicted octanol–water partition coefficient (Wildman–Crippen LogP) is 4.18. The summed E-state index contributed by atoms with van der Waals surface area (Å²) in [6, 6.07) is 13.4. The molecule has 0 aliphatic carbocycles. The molecule has 0 heterocycles. The van der Waals surface area contributed by atoms with E-state index in [-0.39, 0.29) is 0 Å². The number of thioether (sulfide) groups is 1. The van der Waals surface area contributed by atoms with E-state index in [9.17, 15) is 0 Å². The molecule has 0 saturated heterocycles. The normalized spacial score (nSPS) is 10.2. The van der Waals surface area contributed by atoms with Gasteiger partial charge in [0.05, 0.1) is 12.3 Å². The number of nitrogens with two attached hydrogens (primary N) is 1. The van der Waals surface area contributed by atoms with Gasteiger partial charge in [-0.25, -0.2) is 0 Å². The van der Waals surface area contributed by atoms with Crippen LogP contribution in [-0.4, -0.2) is 12.9 Å². The molecule has 4 heteroatoms. The van der Waals surface area contributed by atoms with Crippen LogP contribution in [0.5, 0.6) is 17.2 Å². The van der Waals surface area contributed by atoms with Gasteiger partial charge in [0.25, 0.3) is 0 Å². The van der Waals surface area contributed by atoms with Gasteiger partial charge in [0.15, 0.2) is 0 Å². The molecule has 0 spiro atoms. The Labute approximate surface area is 117 Å². The summed E-state index contributed by atoms with van der Waals surface area (Å²) in [5.74, 6) is 2.17. The van der Waals surface area contributed by atoms with E-state index < -0.39 is 0 Å². The molecule has 0 aromatic heterocycles. The Morgan fingerprint density at radius 3 is 2.37 bits per heavy atom. The van der Waals surface area contributed by atoms with Crippen molar-refractivity contribution >= 4 is 17.4 Å². The van der Waals surface area contributed by atoms with E-state index in [1.165, 1.54) is 4.90 Å². The van der Waals surface area contributed by atoms with E-state index in [2.05, 4.69) is 0 Å². The van der Waals surface area contributed by atoms with E-state index >= 15 is 0 Å². The van der Waals surface area contributed by atoms with Crippen molar-refractivity contribution < 1.29 is 9.47 Å². The molecular formula is C15H17NO2S. The lowest BCUT2D eigenvalue weighted by molar-refractivity contribution is 0.340. The first-order chi connectivity index (χ1) is 9.22. The first kappa shape index (κ1) is 13.6. The second-order valence-electron chi connectivity index (χ2n) is 3.91. The number of hydrogen-bond donors (Lipinski definition) is 1. The highest BCUT2D eigenvalue weighted by Gasteiger charge is 2.04. The Balaban J connectivity index is 2.15. The number of ether oxygens (including phenoxy) is 2. The summed E-state index contributed by atoms with van der Waals surface area (Å²) in [7, 11) is 0. The number of nitrogen functional groups attached to an aromatic ring is 1. The summed E-state index contributed by atoms with van der Waals surface area (Å²) in [6.07, 6.45) is 2.05. The van der Waals surface area contributed by atoms with Gasteiger partial charge in [0.2, 0.25) is 0 Å². The maximum absolute atomic E-state index is 5.82. The second-order valence-corrected chi connectivity index (χ2v) is 4.79. The van der Waals surface area contributed by atoms with Crippen LogP contribution in [0.4, 0.5) is 5.69 Å². The zero-order valence-electron chi connectivity index (χ0n) is 11.1. The monoisotopic (exact) mass is 275 g/mol. The molecule has 100 valence electrons. The largest absolute Gasteiger partial charge is 0.492 e. The zero-order valence-corrected chi connectivity index (χ0v) is 11.9. The van der Waals surface area contributed by atoms with Gasteiger partial charge in [0, 0.05) is 11.0 Å². The van der Waals surface area contributed by atoms with Crippen LogP contribution in [0.15, 0.2) is 47.4 Å². The number of hydrogen-bond acceptors (Lipinski definition) is 4. The van der Waals surface area contributed by atoms with Crippen molar-refractivity contribution in [3.8, 4) is 17.2 Å². The van der Waals surface area contributed by atoms with Crippen molar-refractivity contribution in [1.82, 2.24) is 0 Å². The standard InChI is InChI=1S/C15H17NO2S/c1-3-17-15-10-12(6-9-14(15)16)18-11-4-7-13(19-2)8-5-11/h4-10H,3,16H2,1-2H3. The van der Waals surface area contributed by atoms with Gasteiger partial charge >= 0.3 is 0 Å². The molecule has 0 saturated carbocycles. The molecule has 2 aromatic carbocycles. The van der Waals surface area contributed by atoms with E-state index in [0.29, 0.717) is 18.0 Å². The minimum absolute atomic E-state index is 0.579. The molecule has 0 aliphatic heterocycles. The second kappa shape index (κ2) is 6.38. The van der Waals surface area contributed by atoms with Crippen LogP contribution in [0.2, 0.25) is 0 Å². The Bertz CT molecular complexity index is 540. The minimum atomic E-state index is 0.579. The topological polar surface area (TPSA) is 44.5 Å². The minimum Gasteiger partial charge on any atom is -0.492 e. The van der Waals surface area contributed by atoms with Gasteiger partial charge in [-0.15, -0.1) is 11.8 Å². The van der Waals surface area contributed by atoms with Crippen molar-refractivity contribution in [3.63, 3.8) is 0 Å². The van der Waals surface area contributed by atoms with Crippen LogP contribution in [0, 0.1) is 0 Å². The van der Waals surface area contributed by atoms with E-state index in [0.717, 1.165) is 11.5 Å². The summed E-state index contributed by atoms with van der Waals surface area (Å²) in [6.45, 7) is 2.50. The first-order valence-electron chi connectivity index (χ1n) is 6.07. The molecule has 0 aliphatic rings. The number of anilines is 1. The molecular weight excluding hydrogens is 258 g/mol. The van der Waals surface area contributed by atoms with Gasteiger partial charge in [-0.3, -0.25) is 0 Å². The van der Waals surface area contributed by atoms with Crippen molar-refractivity contribution in [3.05, 3.63) is 42.5 Å². The molecule has 2 aromatic rings. The van der Waals surface area contributed by atoms with Gasteiger partial charge in [-0.1, -0.05) is 0 Å². The Morgan fingerprint density at radius 1 is 1.05 bits per heavy atom. The first-order valence-corrected chi connectivity index (χ1v) is 7.29. The lowest BCUT2D eigenvalue weighted by Gasteiger charge is -2.10. The fourth-order valence-corrected chi connectivity index (χ4v) is 2.05. The summed E-state index contributed by atoms with van der Waals surface area (Å²) in [5, 5.41) is 0. The van der Waals surface area contributed by atoms with Crippen molar-refractivity contribution in [1.29, 1.82) is 0 Å². The van der Waals surface area contributed by atoms with Gasteiger partial charge in [-0.2, -0.15) is 0 Å². The summed E-state index contributed by atoms with van der Waals surface area (Å²) >= 11 is 1.70. The molecule has 0 fully saturated rings. The molecule has 0 amide bonds. The zero-order chi connectivity index (χ0) is 13.7. The summed E-state index contributed by atoms with van der Waals surface area (Å²) < 4.78 is 11.2. The van der Waals surface area contributed by atoms with Crippen LogP contribution in [0.1, 0.15) is 6.92 Å². The van der Waals surface area contributed by atoms with Gasteiger partial charge in [0.1, 0.15) is 17.2 Å². The Hall–Kier alpha value is -1.81. The highest BCUT2D eigenvalue weighted by atomic mass is 32.2. The van der Waals surface area contributed by atoms with E-state index in [4.69, 9.17) is 15.2 Å². The van der Waals surface area contributed by atoms with E-state index in [1.54, 1.807) is 23.9 Å². The molecule has 2 N–H and O–H groups in total. The smallest absolute Gasteiger partial charge is 0.145 e. The average Bonchev–Trinajstić information content (AvgIpc) is 2.44. The molecule has 0 unspecified atom stereocenters. The highest BCUT2D eigenvalue weighted by Crippen LogP contribution is 2.30. The Morgan fingerprint density at radius 2 is 1.74 bits per heavy atom. The van der Waals surface area contributed by atoms with Crippen LogP contribution < -0.4 is 15.2 Å². The van der Waals surface area contributed by atoms with Crippen LogP contribution in [0.3, 0.4) is 0 Å². The van der Waals surface area contributed by atoms with E-state index in [1.807, 2.05) is 43.5 Å². The molecule has 3 nitrogen and oxygen atoms in total. The third kappa shape index (κ3) is 3.58. The SMILES string of the molecule is CCOc1cc(Oc2ccc(SC)cc2)ccc1N. The van der Waals surface area contributed by atoms with Crippen molar-refractivity contribution in [2.75, 3.05) is 18.6 Å². The van der Waals surface area contributed by atoms with Crippen molar-refractivity contribution in [2.24, 2.45) is 0 Å². The lowest BCUT2D eigenvalue weighted by atomic mass is 10.2. The quantitative estimate of drug-likeness (QED) is 0.656. The number of benzene rings is 2. The summed E-state index contributed by atoms with van der Waals surface area (Å²) in [5.41, 5.74) is 6.44. The fraction of sp³-hybridized carbons (Fsp3) is 0.200. The summed E-state index contributed by atoms with van der Waals surface area (Å²) in [4.78, 5) is 1.21. The molecule has 0 atom stereocenters.